The Hall–Kier alpha value is -0.930. The lowest BCUT2D eigenvalue weighted by Crippen LogP contribution is -2.55. The standard InChI is InChI=1S/C16H25FN2/c1-3-13(2)15-12-19(10-9-17)16(11-18-15)14-7-5-4-6-8-14/h4-8,13,15-16,18H,3,9-12H2,1-2H3. The minimum absolute atomic E-state index is 0.267. The van der Waals surface area contributed by atoms with Crippen molar-refractivity contribution in [2.45, 2.75) is 32.4 Å². The summed E-state index contributed by atoms with van der Waals surface area (Å²) in [5, 5.41) is 3.64. The molecule has 3 atom stereocenters. The first-order chi connectivity index (χ1) is 9.26. The Bertz CT molecular complexity index is 368. The number of nitrogens with one attached hydrogen (secondary N) is 1. The molecule has 0 aromatic heterocycles. The van der Waals surface area contributed by atoms with Gasteiger partial charge in [-0.1, -0.05) is 50.6 Å². The van der Waals surface area contributed by atoms with Gasteiger partial charge in [-0.15, -0.1) is 0 Å². The third-order valence-corrected chi connectivity index (χ3v) is 4.33. The predicted molar refractivity (Wildman–Crippen MR) is 78.0 cm³/mol. The van der Waals surface area contributed by atoms with Gasteiger partial charge in [0, 0.05) is 31.7 Å². The maximum atomic E-state index is 12.8. The van der Waals surface area contributed by atoms with Crippen LogP contribution < -0.4 is 5.32 Å². The van der Waals surface area contributed by atoms with E-state index in [-0.39, 0.29) is 6.67 Å². The number of rotatable bonds is 5. The summed E-state index contributed by atoms with van der Waals surface area (Å²) in [6.07, 6.45) is 1.16. The summed E-state index contributed by atoms with van der Waals surface area (Å²) >= 11 is 0. The maximum absolute atomic E-state index is 12.8. The fourth-order valence-electron chi connectivity index (χ4n) is 2.86. The number of hydrogen-bond donors (Lipinski definition) is 1. The second-order valence-electron chi connectivity index (χ2n) is 5.51. The molecule has 0 amide bonds. The van der Waals surface area contributed by atoms with Crippen molar-refractivity contribution in [3.63, 3.8) is 0 Å². The topological polar surface area (TPSA) is 15.3 Å². The molecule has 0 spiro atoms. The zero-order valence-electron chi connectivity index (χ0n) is 12.0. The molecule has 19 heavy (non-hydrogen) atoms. The van der Waals surface area contributed by atoms with Gasteiger partial charge in [0.2, 0.25) is 0 Å². The Morgan fingerprint density at radius 1 is 1.37 bits per heavy atom. The molecule has 1 aliphatic heterocycles. The van der Waals surface area contributed by atoms with E-state index in [4.69, 9.17) is 0 Å². The van der Waals surface area contributed by atoms with E-state index in [1.165, 1.54) is 5.56 Å². The maximum Gasteiger partial charge on any atom is 0.102 e. The Morgan fingerprint density at radius 2 is 2.11 bits per heavy atom. The molecule has 1 saturated heterocycles. The van der Waals surface area contributed by atoms with Crippen LogP contribution in [0.4, 0.5) is 4.39 Å². The predicted octanol–water partition coefficient (Wildman–Crippen LogP) is 3.02. The Labute approximate surface area is 116 Å². The number of alkyl halides is 1. The summed E-state index contributed by atoms with van der Waals surface area (Å²) in [4.78, 5) is 2.29. The number of benzene rings is 1. The van der Waals surface area contributed by atoms with Gasteiger partial charge in [0.15, 0.2) is 0 Å². The van der Waals surface area contributed by atoms with Gasteiger partial charge in [0.1, 0.15) is 6.67 Å². The molecular formula is C16H25FN2. The number of halogens is 1. The zero-order chi connectivity index (χ0) is 13.7. The van der Waals surface area contributed by atoms with E-state index in [9.17, 15) is 4.39 Å². The summed E-state index contributed by atoms with van der Waals surface area (Å²) < 4.78 is 12.8. The molecule has 3 heteroatoms. The van der Waals surface area contributed by atoms with E-state index < -0.39 is 0 Å². The zero-order valence-corrected chi connectivity index (χ0v) is 12.0. The summed E-state index contributed by atoms with van der Waals surface area (Å²) in [6.45, 7) is 6.62. The Kier molecular flexibility index (Phi) is 5.34. The molecule has 1 aromatic rings. The minimum Gasteiger partial charge on any atom is -0.311 e. The van der Waals surface area contributed by atoms with Crippen molar-refractivity contribution < 1.29 is 4.39 Å². The Morgan fingerprint density at radius 3 is 2.74 bits per heavy atom. The van der Waals surface area contributed by atoms with E-state index in [2.05, 4.69) is 48.3 Å². The first kappa shape index (κ1) is 14.5. The highest BCUT2D eigenvalue weighted by Crippen LogP contribution is 2.25. The highest BCUT2D eigenvalue weighted by Gasteiger charge is 2.30. The van der Waals surface area contributed by atoms with Crippen LogP contribution in [0.25, 0.3) is 0 Å². The van der Waals surface area contributed by atoms with Crippen molar-refractivity contribution in [1.82, 2.24) is 10.2 Å². The highest BCUT2D eigenvalue weighted by molar-refractivity contribution is 5.20. The molecule has 106 valence electrons. The molecule has 1 aliphatic rings. The van der Waals surface area contributed by atoms with Gasteiger partial charge in [-0.3, -0.25) is 4.90 Å². The van der Waals surface area contributed by atoms with Crippen LogP contribution in [0.1, 0.15) is 31.9 Å². The fraction of sp³-hybridized carbons (Fsp3) is 0.625. The molecule has 0 bridgehead atoms. The van der Waals surface area contributed by atoms with Crippen LogP contribution in [0.5, 0.6) is 0 Å². The van der Waals surface area contributed by atoms with Crippen LogP contribution in [0.3, 0.4) is 0 Å². The van der Waals surface area contributed by atoms with Crippen LogP contribution in [0.2, 0.25) is 0 Å². The van der Waals surface area contributed by atoms with Crippen molar-refractivity contribution >= 4 is 0 Å². The number of piperazine rings is 1. The first-order valence-electron chi connectivity index (χ1n) is 7.34. The highest BCUT2D eigenvalue weighted by atomic mass is 19.1. The van der Waals surface area contributed by atoms with Crippen LogP contribution in [-0.4, -0.2) is 37.3 Å². The summed E-state index contributed by atoms with van der Waals surface area (Å²) in [7, 11) is 0. The van der Waals surface area contributed by atoms with Gasteiger partial charge in [0.05, 0.1) is 0 Å². The van der Waals surface area contributed by atoms with Crippen molar-refractivity contribution in [3.8, 4) is 0 Å². The van der Waals surface area contributed by atoms with Crippen molar-refractivity contribution in [2.75, 3.05) is 26.3 Å². The lowest BCUT2D eigenvalue weighted by molar-refractivity contribution is 0.102. The molecule has 0 saturated carbocycles. The third-order valence-electron chi connectivity index (χ3n) is 4.33. The second kappa shape index (κ2) is 7.01. The van der Waals surface area contributed by atoms with Crippen LogP contribution >= 0.6 is 0 Å². The molecule has 2 nitrogen and oxygen atoms in total. The molecule has 2 rings (SSSR count). The van der Waals surface area contributed by atoms with Gasteiger partial charge in [-0.25, -0.2) is 4.39 Å². The van der Waals surface area contributed by atoms with Crippen LogP contribution in [0, 0.1) is 5.92 Å². The molecule has 0 radical (unpaired) electrons. The normalized spacial score (nSPS) is 26.3. The minimum atomic E-state index is -0.267. The smallest absolute Gasteiger partial charge is 0.102 e. The number of nitrogens with zero attached hydrogens (tertiary/aromatic N) is 1. The van der Waals surface area contributed by atoms with Gasteiger partial charge >= 0.3 is 0 Å². The molecule has 3 unspecified atom stereocenters. The van der Waals surface area contributed by atoms with Gasteiger partial charge < -0.3 is 5.32 Å². The molecule has 1 N–H and O–H groups in total. The molecule has 0 aliphatic carbocycles. The number of hydrogen-bond acceptors (Lipinski definition) is 2. The lowest BCUT2D eigenvalue weighted by Gasteiger charge is -2.42. The van der Waals surface area contributed by atoms with Crippen LogP contribution in [-0.2, 0) is 0 Å². The SMILES string of the molecule is CCC(C)C1CN(CCF)C(c2ccccc2)CN1. The summed E-state index contributed by atoms with van der Waals surface area (Å²) in [6, 6.07) is 11.2. The van der Waals surface area contributed by atoms with Crippen molar-refractivity contribution in [1.29, 1.82) is 0 Å². The van der Waals surface area contributed by atoms with E-state index in [1.54, 1.807) is 0 Å². The molecular weight excluding hydrogens is 239 g/mol. The second-order valence-corrected chi connectivity index (χ2v) is 5.51. The molecule has 1 aromatic carbocycles. The van der Waals surface area contributed by atoms with E-state index in [0.717, 1.165) is 19.5 Å². The van der Waals surface area contributed by atoms with Gasteiger partial charge in [0.25, 0.3) is 0 Å². The summed E-state index contributed by atoms with van der Waals surface area (Å²) in [5.74, 6) is 0.638. The average molecular weight is 264 g/mol. The van der Waals surface area contributed by atoms with Crippen LogP contribution in [0.15, 0.2) is 30.3 Å². The van der Waals surface area contributed by atoms with E-state index in [0.29, 0.717) is 24.5 Å². The molecule has 1 heterocycles. The fourth-order valence-corrected chi connectivity index (χ4v) is 2.86. The summed E-state index contributed by atoms with van der Waals surface area (Å²) in [5.41, 5.74) is 1.28. The quantitative estimate of drug-likeness (QED) is 0.879. The largest absolute Gasteiger partial charge is 0.311 e. The monoisotopic (exact) mass is 264 g/mol. The Balaban J connectivity index is 2.08. The van der Waals surface area contributed by atoms with E-state index >= 15 is 0 Å². The third kappa shape index (κ3) is 3.54. The average Bonchev–Trinajstić information content (AvgIpc) is 2.47. The van der Waals surface area contributed by atoms with Gasteiger partial charge in [-0.2, -0.15) is 0 Å². The van der Waals surface area contributed by atoms with Gasteiger partial charge in [-0.05, 0) is 11.5 Å². The van der Waals surface area contributed by atoms with Crippen molar-refractivity contribution in [3.05, 3.63) is 35.9 Å². The van der Waals surface area contributed by atoms with E-state index in [1.807, 2.05) is 6.07 Å². The molecule has 1 fully saturated rings. The lowest BCUT2D eigenvalue weighted by atomic mass is 9.93. The van der Waals surface area contributed by atoms with Crippen molar-refractivity contribution in [2.24, 2.45) is 5.92 Å². The first-order valence-corrected chi connectivity index (χ1v) is 7.34.